The van der Waals surface area contributed by atoms with Crippen LogP contribution in [0.3, 0.4) is 0 Å². The molecule has 4 aromatic rings. The van der Waals surface area contributed by atoms with Crippen molar-refractivity contribution in [2.45, 2.75) is 40.3 Å². The number of ether oxygens (including phenoxy) is 6. The van der Waals surface area contributed by atoms with Gasteiger partial charge in [-0.3, -0.25) is 9.36 Å². The van der Waals surface area contributed by atoms with Crippen LogP contribution in [0.4, 0.5) is 0 Å². The normalized spacial score (nSPS) is 14.1. The number of rotatable bonds is 14. The molecule has 49 heavy (non-hydrogen) atoms. The summed E-state index contributed by atoms with van der Waals surface area (Å²) in [5.74, 6) is 0.647. The van der Waals surface area contributed by atoms with Crippen LogP contribution in [-0.2, 0) is 25.7 Å². The van der Waals surface area contributed by atoms with Crippen molar-refractivity contribution in [3.8, 4) is 23.0 Å². The Balaban J connectivity index is 1.58. The Labute approximate surface area is 287 Å². The molecule has 0 saturated heterocycles. The Morgan fingerprint density at radius 3 is 2.24 bits per heavy atom. The summed E-state index contributed by atoms with van der Waals surface area (Å²) >= 11 is 1.21. The van der Waals surface area contributed by atoms with Crippen molar-refractivity contribution in [3.05, 3.63) is 114 Å². The minimum atomic E-state index is -0.876. The molecule has 1 aromatic heterocycles. The molecule has 11 nitrogen and oxygen atoms in total. The highest BCUT2D eigenvalue weighted by atomic mass is 32.1. The van der Waals surface area contributed by atoms with E-state index in [9.17, 15) is 14.4 Å². The average molecular weight is 687 g/mol. The van der Waals surface area contributed by atoms with Gasteiger partial charge in [0.15, 0.2) is 34.4 Å². The van der Waals surface area contributed by atoms with Crippen molar-refractivity contribution in [2.24, 2.45) is 4.99 Å². The van der Waals surface area contributed by atoms with Gasteiger partial charge >= 0.3 is 11.9 Å². The number of nitrogens with zero attached hydrogens (tertiary/aromatic N) is 2. The van der Waals surface area contributed by atoms with E-state index in [1.807, 2.05) is 62.4 Å². The lowest BCUT2D eigenvalue weighted by Gasteiger charge is -2.25. The molecule has 0 aliphatic carbocycles. The molecule has 2 heterocycles. The van der Waals surface area contributed by atoms with E-state index in [0.717, 1.165) is 11.1 Å². The number of carbonyl (C=O) groups excluding carboxylic acids is 2. The van der Waals surface area contributed by atoms with Gasteiger partial charge in [-0.25, -0.2) is 14.6 Å². The number of hydrogen-bond donors (Lipinski definition) is 0. The largest absolute Gasteiger partial charge is 0.490 e. The summed E-state index contributed by atoms with van der Waals surface area (Å²) in [5, 5.41) is 0. The topological polar surface area (TPSA) is 124 Å². The number of benzene rings is 3. The lowest BCUT2D eigenvalue weighted by molar-refractivity contribution is -0.143. The van der Waals surface area contributed by atoms with E-state index < -0.39 is 18.0 Å². The Kier molecular flexibility index (Phi) is 11.5. The molecule has 0 N–H and O–H groups in total. The van der Waals surface area contributed by atoms with Crippen LogP contribution in [0, 0.1) is 0 Å². The maximum Gasteiger partial charge on any atom is 0.343 e. The van der Waals surface area contributed by atoms with Gasteiger partial charge < -0.3 is 28.4 Å². The number of allylic oxidation sites excluding steroid dienone is 1. The fraction of sp³-hybridized carbons (Fsp3) is 0.297. The van der Waals surface area contributed by atoms with Crippen molar-refractivity contribution in [1.82, 2.24) is 4.57 Å². The highest BCUT2D eigenvalue weighted by Crippen LogP contribution is 2.36. The lowest BCUT2D eigenvalue weighted by atomic mass is 9.95. The zero-order valence-electron chi connectivity index (χ0n) is 28.0. The van der Waals surface area contributed by atoms with Gasteiger partial charge in [-0.05, 0) is 74.7 Å². The summed E-state index contributed by atoms with van der Waals surface area (Å²) in [6, 6.07) is 19.5. The molecule has 0 saturated carbocycles. The molecule has 5 rings (SSSR count). The van der Waals surface area contributed by atoms with E-state index in [2.05, 4.69) is 9.73 Å². The number of fused-ring (bicyclic) bond motifs is 1. The lowest BCUT2D eigenvalue weighted by Crippen LogP contribution is -2.40. The first-order valence-corrected chi connectivity index (χ1v) is 16.7. The van der Waals surface area contributed by atoms with Gasteiger partial charge in [-0.2, -0.15) is 0 Å². The monoisotopic (exact) mass is 686 g/mol. The molecule has 12 heteroatoms. The van der Waals surface area contributed by atoms with Crippen LogP contribution in [-0.4, -0.2) is 50.0 Å². The third kappa shape index (κ3) is 8.03. The molecule has 0 bridgehead atoms. The third-order valence-electron chi connectivity index (χ3n) is 7.48. The van der Waals surface area contributed by atoms with E-state index in [1.54, 1.807) is 38.1 Å². The second-order valence-corrected chi connectivity index (χ2v) is 11.7. The Morgan fingerprint density at radius 1 is 0.857 bits per heavy atom. The predicted molar refractivity (Wildman–Crippen MR) is 184 cm³/mol. The minimum absolute atomic E-state index is 0.143. The highest BCUT2D eigenvalue weighted by molar-refractivity contribution is 7.07. The summed E-state index contributed by atoms with van der Waals surface area (Å²) in [7, 11) is 1.27. The first-order chi connectivity index (χ1) is 23.8. The van der Waals surface area contributed by atoms with Crippen molar-refractivity contribution >= 4 is 29.4 Å². The van der Waals surface area contributed by atoms with Crippen molar-refractivity contribution in [3.63, 3.8) is 0 Å². The predicted octanol–water partition coefficient (Wildman–Crippen LogP) is 4.73. The molecule has 1 aliphatic rings. The maximum atomic E-state index is 14.2. The molecule has 0 radical (unpaired) electrons. The molecule has 256 valence electrons. The highest BCUT2D eigenvalue weighted by Gasteiger charge is 2.34. The second-order valence-electron chi connectivity index (χ2n) is 10.7. The second kappa shape index (κ2) is 16.2. The van der Waals surface area contributed by atoms with Crippen LogP contribution in [0.25, 0.3) is 6.08 Å². The molecule has 0 amide bonds. The average Bonchev–Trinajstić information content (AvgIpc) is 3.40. The molecular formula is C37H38N2O9S. The van der Waals surface area contributed by atoms with Crippen LogP contribution in [0.5, 0.6) is 23.0 Å². The minimum Gasteiger partial charge on any atom is -0.490 e. The molecule has 0 unspecified atom stereocenters. The molecule has 3 aromatic carbocycles. The van der Waals surface area contributed by atoms with Gasteiger partial charge in [0.2, 0.25) is 0 Å². The third-order valence-corrected chi connectivity index (χ3v) is 8.46. The van der Waals surface area contributed by atoms with E-state index in [1.165, 1.54) is 23.0 Å². The summed E-state index contributed by atoms with van der Waals surface area (Å²) in [4.78, 5) is 44.4. The zero-order chi connectivity index (χ0) is 34.9. The van der Waals surface area contributed by atoms with Crippen LogP contribution >= 0.6 is 11.3 Å². The van der Waals surface area contributed by atoms with Crippen molar-refractivity contribution < 1.29 is 38.0 Å². The first kappa shape index (κ1) is 35.0. The molecule has 0 spiro atoms. The van der Waals surface area contributed by atoms with E-state index in [0.29, 0.717) is 63.4 Å². The van der Waals surface area contributed by atoms with Crippen molar-refractivity contribution in [2.75, 3.05) is 33.5 Å². The van der Waals surface area contributed by atoms with Gasteiger partial charge in [-0.1, -0.05) is 53.8 Å². The first-order valence-electron chi connectivity index (χ1n) is 15.9. The van der Waals surface area contributed by atoms with Crippen LogP contribution in [0.15, 0.2) is 87.8 Å². The summed E-state index contributed by atoms with van der Waals surface area (Å²) < 4.78 is 35.5. The van der Waals surface area contributed by atoms with Gasteiger partial charge in [0.1, 0.15) is 6.61 Å². The fourth-order valence-corrected chi connectivity index (χ4v) is 6.32. The van der Waals surface area contributed by atoms with E-state index >= 15 is 0 Å². The number of aromatic nitrogens is 1. The summed E-state index contributed by atoms with van der Waals surface area (Å²) in [6.07, 6.45) is 1.77. The quantitative estimate of drug-likeness (QED) is 0.173. The van der Waals surface area contributed by atoms with Gasteiger partial charge in [0, 0.05) is 0 Å². The maximum absolute atomic E-state index is 14.2. The van der Waals surface area contributed by atoms with Crippen LogP contribution in [0.2, 0.25) is 0 Å². The molecular weight excluding hydrogens is 648 g/mol. The molecule has 0 fully saturated rings. The number of methoxy groups -OCH3 is 1. The van der Waals surface area contributed by atoms with Gasteiger partial charge in [0.25, 0.3) is 5.56 Å². The van der Waals surface area contributed by atoms with Gasteiger partial charge in [0.05, 0.1) is 48.8 Å². The number of carbonyl (C=O) groups is 2. The Bertz CT molecular complexity index is 2030. The SMILES string of the molecule is CCOC(=O)C1=C(C)N=c2s/c(=C\c3ccc(OCc4ccccc4)c(OCC)c3)c(=O)n2[C@@H]1c1ccc(OCC(=O)OC)c(OCC)c1. The van der Waals surface area contributed by atoms with Crippen LogP contribution in [0.1, 0.15) is 50.4 Å². The molecule has 1 aliphatic heterocycles. The Morgan fingerprint density at radius 2 is 1.55 bits per heavy atom. The number of hydrogen-bond acceptors (Lipinski definition) is 11. The summed E-state index contributed by atoms with van der Waals surface area (Å²) in [5.41, 5.74) is 2.64. The Hall–Kier alpha value is -5.36. The van der Waals surface area contributed by atoms with Gasteiger partial charge in [-0.15, -0.1) is 0 Å². The zero-order valence-corrected chi connectivity index (χ0v) is 28.8. The van der Waals surface area contributed by atoms with E-state index in [4.69, 9.17) is 23.7 Å². The smallest absolute Gasteiger partial charge is 0.343 e. The molecule has 1 atom stereocenters. The van der Waals surface area contributed by atoms with Crippen molar-refractivity contribution in [1.29, 1.82) is 0 Å². The number of esters is 2. The van der Waals surface area contributed by atoms with Crippen LogP contribution < -0.4 is 33.8 Å². The summed E-state index contributed by atoms with van der Waals surface area (Å²) in [6.45, 7) is 8.08. The number of thiazole rings is 1. The standard InChI is InChI=1S/C37H38N2O9S/c1-6-44-29-18-25(14-16-27(29)47-21-24-12-10-9-11-13-24)19-31-35(41)39-34(33(36(42)46-8-3)23(4)38-37(39)49-31)26-15-17-28(30(20-26)45-7-2)48-22-32(40)43-5/h9-20,34H,6-8,21-22H2,1-5H3/b31-19-/t34-/m1/s1. The fourth-order valence-electron chi connectivity index (χ4n) is 5.27. The van der Waals surface area contributed by atoms with E-state index in [-0.39, 0.29) is 24.3 Å².